The summed E-state index contributed by atoms with van der Waals surface area (Å²) in [5, 5.41) is 11.4. The van der Waals surface area contributed by atoms with Gasteiger partial charge in [0.15, 0.2) is 0 Å². The van der Waals surface area contributed by atoms with Crippen LogP contribution in [0.15, 0.2) is 60.7 Å². The highest BCUT2D eigenvalue weighted by Gasteiger charge is 2.35. The van der Waals surface area contributed by atoms with Crippen molar-refractivity contribution in [2.24, 2.45) is 0 Å². The van der Waals surface area contributed by atoms with Crippen LogP contribution in [0.4, 0.5) is 5.69 Å². The first-order chi connectivity index (χ1) is 12.4. The lowest BCUT2D eigenvalue weighted by molar-refractivity contribution is -0.384. The van der Waals surface area contributed by atoms with E-state index < -0.39 is 0 Å². The summed E-state index contributed by atoms with van der Waals surface area (Å²) >= 11 is 0. The van der Waals surface area contributed by atoms with E-state index in [2.05, 4.69) is 51.5 Å². The second-order valence-electron chi connectivity index (χ2n) is 7.25. The van der Waals surface area contributed by atoms with Crippen LogP contribution >= 0.6 is 0 Å². The monoisotopic (exact) mass is 340 g/mol. The van der Waals surface area contributed by atoms with Crippen LogP contribution < -0.4 is 5.46 Å². The van der Waals surface area contributed by atoms with E-state index >= 15 is 0 Å². The highest BCUT2D eigenvalue weighted by Crippen LogP contribution is 2.49. The molecule has 4 heteroatoms. The third-order valence-electron chi connectivity index (χ3n) is 5.45. The maximum absolute atomic E-state index is 11.4. The molecule has 3 nitrogen and oxygen atoms in total. The first kappa shape index (κ1) is 16.6. The average molecular weight is 340 g/mol. The van der Waals surface area contributed by atoms with Crippen LogP contribution in [0.25, 0.3) is 22.3 Å². The zero-order valence-electron chi connectivity index (χ0n) is 15.1. The Morgan fingerprint density at radius 3 is 2.23 bits per heavy atom. The number of hydrogen-bond acceptors (Lipinski definition) is 2. The zero-order chi connectivity index (χ0) is 18.5. The largest absolute Gasteiger partial charge is 0.277 e. The summed E-state index contributed by atoms with van der Waals surface area (Å²) in [6, 6.07) is 19.7. The predicted molar refractivity (Wildman–Crippen MR) is 107 cm³/mol. The number of fused-ring (bicyclic) bond motifs is 3. The highest BCUT2D eigenvalue weighted by molar-refractivity contribution is 6.52. The van der Waals surface area contributed by atoms with Gasteiger partial charge < -0.3 is 0 Å². The van der Waals surface area contributed by atoms with E-state index in [0.717, 1.165) is 5.56 Å². The van der Waals surface area contributed by atoms with Gasteiger partial charge in [0.25, 0.3) is 5.69 Å². The number of para-hydroxylation sites is 1. The van der Waals surface area contributed by atoms with Crippen molar-refractivity contribution in [3.8, 4) is 22.3 Å². The minimum absolute atomic E-state index is 0.136. The van der Waals surface area contributed by atoms with E-state index in [-0.39, 0.29) is 16.0 Å². The molecule has 0 saturated carbocycles. The van der Waals surface area contributed by atoms with Gasteiger partial charge >= 0.3 is 0 Å². The fourth-order valence-electron chi connectivity index (χ4n) is 3.98. The van der Waals surface area contributed by atoms with Crippen LogP contribution in [0.5, 0.6) is 0 Å². The molecule has 0 atom stereocenters. The Morgan fingerprint density at radius 2 is 1.54 bits per heavy atom. The van der Waals surface area contributed by atoms with Gasteiger partial charge in [0.05, 0.1) is 10.5 Å². The number of benzene rings is 3. The molecule has 127 valence electrons. The molecule has 0 fully saturated rings. The number of nitrogens with zero attached hydrogens (tertiary/aromatic N) is 1. The van der Waals surface area contributed by atoms with Crippen LogP contribution in [0.2, 0.25) is 6.82 Å². The molecule has 0 aliphatic heterocycles. The second kappa shape index (κ2) is 5.84. The topological polar surface area (TPSA) is 43.1 Å². The smallest absolute Gasteiger partial charge is 0.258 e. The Morgan fingerprint density at radius 1 is 0.885 bits per heavy atom. The van der Waals surface area contributed by atoms with E-state index in [1.54, 1.807) is 12.1 Å². The molecule has 0 amide bonds. The third-order valence-corrected chi connectivity index (χ3v) is 5.45. The van der Waals surface area contributed by atoms with Gasteiger partial charge in [0.1, 0.15) is 7.28 Å². The molecule has 3 aromatic rings. The molecule has 3 aromatic carbocycles. The van der Waals surface area contributed by atoms with Gasteiger partial charge in [-0.2, -0.15) is 0 Å². The molecule has 4 rings (SSSR count). The first-order valence-corrected chi connectivity index (χ1v) is 8.76. The zero-order valence-corrected chi connectivity index (χ0v) is 15.1. The third kappa shape index (κ3) is 2.37. The number of hydrogen-bond donors (Lipinski definition) is 0. The summed E-state index contributed by atoms with van der Waals surface area (Å²) in [5.41, 5.74) is 7.77. The molecular formula is C22H19BNO2. The molecule has 0 bridgehead atoms. The van der Waals surface area contributed by atoms with Crippen molar-refractivity contribution in [2.75, 3.05) is 0 Å². The summed E-state index contributed by atoms with van der Waals surface area (Å²) < 4.78 is 0. The van der Waals surface area contributed by atoms with Crippen molar-refractivity contribution in [1.82, 2.24) is 0 Å². The average Bonchev–Trinajstić information content (AvgIpc) is 2.88. The van der Waals surface area contributed by atoms with Crippen LogP contribution in [-0.4, -0.2) is 12.2 Å². The van der Waals surface area contributed by atoms with Gasteiger partial charge in [0, 0.05) is 11.5 Å². The van der Waals surface area contributed by atoms with Crippen molar-refractivity contribution in [3.63, 3.8) is 0 Å². The molecule has 0 saturated heterocycles. The van der Waals surface area contributed by atoms with E-state index in [0.29, 0.717) is 5.56 Å². The van der Waals surface area contributed by atoms with Gasteiger partial charge in [0.2, 0.25) is 0 Å². The SMILES string of the molecule is C[B]c1ccc2c(c1)C(C)(C)c1cc(-c3ccccc3[N+](=O)[O-])ccc1-2. The molecule has 0 unspecified atom stereocenters. The van der Waals surface area contributed by atoms with E-state index in [9.17, 15) is 10.1 Å². The Kier molecular flexibility index (Phi) is 3.72. The Balaban J connectivity index is 1.91. The summed E-state index contributed by atoms with van der Waals surface area (Å²) in [6.45, 7) is 6.49. The summed E-state index contributed by atoms with van der Waals surface area (Å²) in [4.78, 5) is 11.1. The van der Waals surface area contributed by atoms with Gasteiger partial charge in [-0.25, -0.2) is 0 Å². The Hall–Kier alpha value is -2.88. The Labute approximate surface area is 154 Å². The van der Waals surface area contributed by atoms with Crippen LogP contribution in [0.1, 0.15) is 25.0 Å². The molecule has 0 heterocycles. The molecule has 0 spiro atoms. The summed E-state index contributed by atoms with van der Waals surface area (Å²) in [5.74, 6) is 0. The molecule has 1 radical (unpaired) electrons. The van der Waals surface area contributed by atoms with Crippen molar-refractivity contribution in [1.29, 1.82) is 0 Å². The fourth-order valence-corrected chi connectivity index (χ4v) is 3.98. The van der Waals surface area contributed by atoms with Gasteiger partial charge in [-0.15, -0.1) is 0 Å². The van der Waals surface area contributed by atoms with Gasteiger partial charge in [-0.05, 0) is 39.9 Å². The predicted octanol–water partition coefficient (Wildman–Crippen LogP) is 4.95. The Bertz CT molecular complexity index is 1040. The lowest BCUT2D eigenvalue weighted by Gasteiger charge is -2.22. The normalized spacial score (nSPS) is 13.8. The van der Waals surface area contributed by atoms with Gasteiger partial charge in [-0.1, -0.05) is 68.6 Å². The quantitative estimate of drug-likeness (QED) is 0.385. The van der Waals surface area contributed by atoms with Gasteiger partial charge in [-0.3, -0.25) is 10.1 Å². The molecule has 26 heavy (non-hydrogen) atoms. The molecule has 1 aliphatic rings. The standard InChI is InChI=1S/C22H19BNO2/c1-22(2)19-12-14(16-6-4-5-7-21(16)24(25)26)8-10-17(19)18-11-9-15(23-3)13-20(18)22/h4-13H,1-3H3. The molecule has 0 aromatic heterocycles. The highest BCUT2D eigenvalue weighted by atomic mass is 16.6. The maximum atomic E-state index is 11.4. The van der Waals surface area contributed by atoms with Crippen molar-refractivity contribution in [3.05, 3.63) is 81.9 Å². The summed E-state index contributed by atoms with van der Waals surface area (Å²) in [6.07, 6.45) is 0. The fraction of sp³-hybridized carbons (Fsp3) is 0.182. The molecule has 0 N–H and O–H groups in total. The van der Waals surface area contributed by atoms with Crippen molar-refractivity contribution in [2.45, 2.75) is 26.1 Å². The minimum atomic E-state index is -0.314. The minimum Gasteiger partial charge on any atom is -0.258 e. The van der Waals surface area contributed by atoms with Crippen LogP contribution in [-0.2, 0) is 5.41 Å². The van der Waals surface area contributed by atoms with Crippen molar-refractivity contribution < 1.29 is 4.92 Å². The number of rotatable bonds is 3. The second-order valence-corrected chi connectivity index (χ2v) is 7.25. The maximum Gasteiger partial charge on any atom is 0.277 e. The van der Waals surface area contributed by atoms with E-state index in [1.807, 2.05) is 25.0 Å². The summed E-state index contributed by atoms with van der Waals surface area (Å²) in [7, 11) is 2.11. The number of nitro groups is 1. The molecule has 1 aliphatic carbocycles. The van der Waals surface area contributed by atoms with Crippen molar-refractivity contribution >= 4 is 18.4 Å². The first-order valence-electron chi connectivity index (χ1n) is 8.76. The lowest BCUT2D eigenvalue weighted by atomic mass is 9.71. The van der Waals surface area contributed by atoms with E-state index in [4.69, 9.17) is 0 Å². The molecular weight excluding hydrogens is 321 g/mol. The van der Waals surface area contributed by atoms with Crippen LogP contribution in [0.3, 0.4) is 0 Å². The van der Waals surface area contributed by atoms with E-state index in [1.165, 1.54) is 27.7 Å². The lowest BCUT2D eigenvalue weighted by Crippen LogP contribution is -2.19. The van der Waals surface area contributed by atoms with Crippen LogP contribution in [0, 0.1) is 10.1 Å². The number of nitro benzene ring substituents is 1.